The van der Waals surface area contributed by atoms with E-state index in [-0.39, 0.29) is 0 Å². The van der Waals surface area contributed by atoms with E-state index in [1.54, 1.807) is 7.11 Å². The Balaban J connectivity index is 1.93. The number of ether oxygens (including phenoxy) is 2. The van der Waals surface area contributed by atoms with Crippen molar-refractivity contribution in [1.82, 2.24) is 5.32 Å². The molecule has 1 aromatic carbocycles. The standard InChI is InChI=1S/C16H23NO2/c1-11-9-15-13(6-8-19-15)14(16(11)18-2)10-12-5-3-4-7-17-12/h9,12,17H,3-8,10H2,1-2H3. The van der Waals surface area contributed by atoms with Gasteiger partial charge in [-0.25, -0.2) is 0 Å². The van der Waals surface area contributed by atoms with Crippen molar-refractivity contribution in [3.05, 3.63) is 22.8 Å². The van der Waals surface area contributed by atoms with Gasteiger partial charge in [-0.2, -0.15) is 0 Å². The van der Waals surface area contributed by atoms with Gasteiger partial charge in [-0.05, 0) is 44.4 Å². The molecule has 1 unspecified atom stereocenters. The van der Waals surface area contributed by atoms with Crippen LogP contribution in [0.15, 0.2) is 6.07 Å². The number of benzene rings is 1. The van der Waals surface area contributed by atoms with Crippen LogP contribution >= 0.6 is 0 Å². The minimum atomic E-state index is 0.592. The zero-order chi connectivity index (χ0) is 13.2. The van der Waals surface area contributed by atoms with Crippen LogP contribution < -0.4 is 14.8 Å². The normalized spacial score (nSPS) is 21.9. The molecule has 0 bridgehead atoms. The summed E-state index contributed by atoms with van der Waals surface area (Å²) < 4.78 is 11.4. The number of hydrogen-bond acceptors (Lipinski definition) is 3. The quantitative estimate of drug-likeness (QED) is 0.907. The maximum atomic E-state index is 5.73. The summed E-state index contributed by atoms with van der Waals surface area (Å²) in [6.07, 6.45) is 6.00. The van der Waals surface area contributed by atoms with Crippen LogP contribution in [-0.2, 0) is 12.8 Å². The van der Waals surface area contributed by atoms with Crippen LogP contribution in [0.5, 0.6) is 11.5 Å². The van der Waals surface area contributed by atoms with Gasteiger partial charge in [-0.15, -0.1) is 0 Å². The van der Waals surface area contributed by atoms with Crippen LogP contribution in [0, 0.1) is 6.92 Å². The van der Waals surface area contributed by atoms with E-state index in [0.717, 1.165) is 37.5 Å². The highest BCUT2D eigenvalue weighted by Crippen LogP contribution is 2.38. The average Bonchev–Trinajstić information content (AvgIpc) is 2.88. The van der Waals surface area contributed by atoms with E-state index in [1.807, 2.05) is 0 Å². The Kier molecular flexibility index (Phi) is 3.65. The van der Waals surface area contributed by atoms with Gasteiger partial charge in [0.15, 0.2) is 0 Å². The fourth-order valence-corrected chi connectivity index (χ4v) is 3.38. The summed E-state index contributed by atoms with van der Waals surface area (Å²) in [5.74, 6) is 2.14. The van der Waals surface area contributed by atoms with E-state index in [0.29, 0.717) is 6.04 Å². The molecule has 2 aliphatic heterocycles. The Morgan fingerprint density at radius 1 is 1.42 bits per heavy atom. The lowest BCUT2D eigenvalue weighted by atomic mass is 9.91. The lowest BCUT2D eigenvalue weighted by Gasteiger charge is -2.25. The second kappa shape index (κ2) is 5.41. The van der Waals surface area contributed by atoms with Crippen molar-refractivity contribution in [3.8, 4) is 11.5 Å². The van der Waals surface area contributed by atoms with Gasteiger partial charge in [0.05, 0.1) is 13.7 Å². The molecule has 1 saturated heterocycles. The van der Waals surface area contributed by atoms with E-state index in [4.69, 9.17) is 9.47 Å². The third-order valence-electron chi connectivity index (χ3n) is 4.32. The van der Waals surface area contributed by atoms with Gasteiger partial charge in [0, 0.05) is 23.6 Å². The maximum absolute atomic E-state index is 5.73. The molecule has 0 aromatic heterocycles. The van der Waals surface area contributed by atoms with Crippen molar-refractivity contribution in [2.75, 3.05) is 20.3 Å². The summed E-state index contributed by atoms with van der Waals surface area (Å²) >= 11 is 0. The van der Waals surface area contributed by atoms with Gasteiger partial charge < -0.3 is 14.8 Å². The molecule has 0 aliphatic carbocycles. The molecule has 3 rings (SSSR count). The molecule has 1 aromatic rings. The van der Waals surface area contributed by atoms with E-state index in [2.05, 4.69) is 18.3 Å². The van der Waals surface area contributed by atoms with Crippen molar-refractivity contribution in [2.45, 2.75) is 45.1 Å². The number of aryl methyl sites for hydroxylation is 1. The SMILES string of the molecule is COc1c(C)cc2c(c1CC1CCCCN1)CCO2. The molecule has 0 radical (unpaired) electrons. The summed E-state index contributed by atoms with van der Waals surface area (Å²) in [4.78, 5) is 0. The summed E-state index contributed by atoms with van der Waals surface area (Å²) in [5, 5.41) is 3.63. The molecule has 3 nitrogen and oxygen atoms in total. The molecule has 1 atom stereocenters. The highest BCUT2D eigenvalue weighted by atomic mass is 16.5. The van der Waals surface area contributed by atoms with Crippen LogP contribution in [0.2, 0.25) is 0 Å². The second-order valence-electron chi connectivity index (χ2n) is 5.63. The van der Waals surface area contributed by atoms with Crippen molar-refractivity contribution < 1.29 is 9.47 Å². The van der Waals surface area contributed by atoms with Crippen LogP contribution in [0.3, 0.4) is 0 Å². The summed E-state index contributed by atoms with van der Waals surface area (Å²) in [5.41, 5.74) is 3.93. The smallest absolute Gasteiger partial charge is 0.125 e. The van der Waals surface area contributed by atoms with Gasteiger partial charge in [-0.1, -0.05) is 6.42 Å². The van der Waals surface area contributed by atoms with Gasteiger partial charge in [0.1, 0.15) is 11.5 Å². The molecule has 104 valence electrons. The first-order valence-corrected chi connectivity index (χ1v) is 7.35. The molecular weight excluding hydrogens is 238 g/mol. The molecule has 3 heteroatoms. The lowest BCUT2D eigenvalue weighted by Crippen LogP contribution is -2.35. The Bertz CT molecular complexity index is 461. The first kappa shape index (κ1) is 12.8. The van der Waals surface area contributed by atoms with Gasteiger partial charge in [-0.3, -0.25) is 0 Å². The van der Waals surface area contributed by atoms with Crippen LogP contribution in [0.4, 0.5) is 0 Å². The van der Waals surface area contributed by atoms with Crippen molar-refractivity contribution >= 4 is 0 Å². The Labute approximate surface area is 115 Å². The highest BCUT2D eigenvalue weighted by Gasteiger charge is 2.24. The number of nitrogens with one attached hydrogen (secondary N) is 1. The predicted octanol–water partition coefficient (Wildman–Crippen LogP) is 2.62. The number of rotatable bonds is 3. The first-order chi connectivity index (χ1) is 9.29. The van der Waals surface area contributed by atoms with Gasteiger partial charge in [0.25, 0.3) is 0 Å². The molecule has 0 saturated carbocycles. The second-order valence-corrected chi connectivity index (χ2v) is 5.63. The molecular formula is C16H23NO2. The minimum Gasteiger partial charge on any atom is -0.496 e. The topological polar surface area (TPSA) is 30.5 Å². The Hall–Kier alpha value is -1.22. The maximum Gasteiger partial charge on any atom is 0.125 e. The van der Waals surface area contributed by atoms with Crippen LogP contribution in [0.25, 0.3) is 0 Å². The van der Waals surface area contributed by atoms with E-state index in [1.165, 1.54) is 36.0 Å². The molecule has 0 spiro atoms. The summed E-state index contributed by atoms with van der Waals surface area (Å²) in [6, 6.07) is 2.72. The molecule has 2 heterocycles. The van der Waals surface area contributed by atoms with Gasteiger partial charge in [0.2, 0.25) is 0 Å². The average molecular weight is 261 g/mol. The minimum absolute atomic E-state index is 0.592. The molecule has 0 amide bonds. The third-order valence-corrected chi connectivity index (χ3v) is 4.32. The van der Waals surface area contributed by atoms with Crippen LogP contribution in [-0.4, -0.2) is 26.3 Å². The van der Waals surface area contributed by atoms with Crippen molar-refractivity contribution in [3.63, 3.8) is 0 Å². The summed E-state index contributed by atoms with van der Waals surface area (Å²) in [6.45, 7) is 4.07. The summed E-state index contributed by atoms with van der Waals surface area (Å²) in [7, 11) is 1.78. The fourth-order valence-electron chi connectivity index (χ4n) is 3.38. The largest absolute Gasteiger partial charge is 0.496 e. The van der Waals surface area contributed by atoms with Crippen LogP contribution in [0.1, 0.15) is 36.0 Å². The molecule has 19 heavy (non-hydrogen) atoms. The Morgan fingerprint density at radius 2 is 2.32 bits per heavy atom. The Morgan fingerprint density at radius 3 is 3.05 bits per heavy atom. The zero-order valence-corrected chi connectivity index (χ0v) is 11.9. The molecule has 2 aliphatic rings. The van der Waals surface area contributed by atoms with E-state index < -0.39 is 0 Å². The molecule has 1 fully saturated rings. The first-order valence-electron chi connectivity index (χ1n) is 7.35. The highest BCUT2D eigenvalue weighted by molar-refractivity contribution is 5.55. The number of fused-ring (bicyclic) bond motifs is 1. The van der Waals surface area contributed by atoms with Crippen molar-refractivity contribution in [2.24, 2.45) is 0 Å². The number of methoxy groups -OCH3 is 1. The van der Waals surface area contributed by atoms with Gasteiger partial charge >= 0.3 is 0 Å². The number of hydrogen-bond donors (Lipinski definition) is 1. The third kappa shape index (κ3) is 2.44. The monoisotopic (exact) mass is 261 g/mol. The zero-order valence-electron chi connectivity index (χ0n) is 11.9. The van der Waals surface area contributed by atoms with E-state index >= 15 is 0 Å². The number of piperidine rings is 1. The predicted molar refractivity (Wildman–Crippen MR) is 76.3 cm³/mol. The fraction of sp³-hybridized carbons (Fsp3) is 0.625. The van der Waals surface area contributed by atoms with E-state index in [9.17, 15) is 0 Å². The lowest BCUT2D eigenvalue weighted by molar-refractivity contribution is 0.355. The van der Waals surface area contributed by atoms with Crippen molar-refractivity contribution in [1.29, 1.82) is 0 Å². The molecule has 1 N–H and O–H groups in total.